The molecule has 0 aromatic heterocycles. The maximum absolute atomic E-state index is 11.6. The number of hydrogen-bond donors (Lipinski definition) is 3. The summed E-state index contributed by atoms with van der Waals surface area (Å²) < 4.78 is 15.6. The number of carboxylic acid groups (broad SMARTS) is 1. The molecule has 1 fully saturated rings. The predicted molar refractivity (Wildman–Crippen MR) is 167 cm³/mol. The number of carbonyl (C=O) groups excluding carboxylic acids is 2. The minimum absolute atomic E-state index is 0.0162. The van der Waals surface area contributed by atoms with Crippen LogP contribution in [0.5, 0.6) is 5.75 Å². The largest absolute Gasteiger partial charge is 0.478 e. The number of methoxy groups -OCH3 is 1. The van der Waals surface area contributed by atoms with Gasteiger partial charge in [0.25, 0.3) is 5.24 Å². The van der Waals surface area contributed by atoms with Gasteiger partial charge >= 0.3 is 5.97 Å². The molecule has 4 aromatic carbocycles. The van der Waals surface area contributed by atoms with E-state index in [-0.39, 0.29) is 28.8 Å². The molecule has 1 heterocycles. The third-order valence-electron chi connectivity index (χ3n) is 6.61. The van der Waals surface area contributed by atoms with Crippen molar-refractivity contribution >= 4 is 39.7 Å². The van der Waals surface area contributed by atoms with Crippen molar-refractivity contribution in [1.29, 1.82) is 0 Å². The van der Waals surface area contributed by atoms with Gasteiger partial charge in [-0.3, -0.25) is 14.9 Å². The molecule has 2 amide bonds. The van der Waals surface area contributed by atoms with Crippen LogP contribution in [0.1, 0.15) is 21.5 Å². The zero-order chi connectivity index (χ0) is 30.6. The van der Waals surface area contributed by atoms with E-state index in [1.807, 2.05) is 43.4 Å². The van der Waals surface area contributed by atoms with Gasteiger partial charge in [0.15, 0.2) is 6.79 Å². The Labute approximate surface area is 254 Å². The Hall–Kier alpha value is -4.22. The summed E-state index contributed by atoms with van der Waals surface area (Å²) in [7, 11) is 3.51. The Kier molecular flexibility index (Phi) is 11.7. The summed E-state index contributed by atoms with van der Waals surface area (Å²) in [4.78, 5) is 34.1. The molecule has 0 spiro atoms. The Morgan fingerprint density at radius 2 is 1.72 bits per heavy atom. The van der Waals surface area contributed by atoms with Crippen LogP contribution in [0.4, 0.5) is 4.79 Å². The number of carbonyl (C=O) groups is 3. The van der Waals surface area contributed by atoms with Crippen LogP contribution < -0.4 is 15.4 Å². The highest BCUT2D eigenvalue weighted by Gasteiger charge is 2.31. The van der Waals surface area contributed by atoms with Crippen molar-refractivity contribution in [2.24, 2.45) is 0 Å². The smallest absolute Gasteiger partial charge is 0.339 e. The lowest BCUT2D eigenvalue weighted by Gasteiger charge is -2.12. The summed E-state index contributed by atoms with van der Waals surface area (Å²) in [6, 6.07) is 27.3. The molecule has 1 aliphatic rings. The predicted octanol–water partition coefficient (Wildman–Crippen LogP) is 5.50. The van der Waals surface area contributed by atoms with E-state index < -0.39 is 5.97 Å². The van der Waals surface area contributed by atoms with Crippen LogP contribution in [0.25, 0.3) is 21.9 Å². The highest BCUT2D eigenvalue weighted by Crippen LogP contribution is 2.30. The van der Waals surface area contributed by atoms with Gasteiger partial charge in [-0.2, -0.15) is 0 Å². The lowest BCUT2D eigenvalue weighted by atomic mass is 10.0. The molecule has 9 nitrogen and oxygen atoms in total. The molecule has 10 heteroatoms. The van der Waals surface area contributed by atoms with Crippen molar-refractivity contribution in [3.63, 3.8) is 0 Å². The van der Waals surface area contributed by atoms with Crippen molar-refractivity contribution in [2.45, 2.75) is 18.2 Å². The molecule has 43 heavy (non-hydrogen) atoms. The number of carboxylic acids is 1. The Morgan fingerprint density at radius 1 is 0.930 bits per heavy atom. The molecule has 5 rings (SSSR count). The maximum atomic E-state index is 11.6. The van der Waals surface area contributed by atoms with Gasteiger partial charge in [0, 0.05) is 19.0 Å². The molecule has 0 bridgehead atoms. The first kappa shape index (κ1) is 31.7. The van der Waals surface area contributed by atoms with E-state index >= 15 is 0 Å². The molecule has 1 atom stereocenters. The van der Waals surface area contributed by atoms with Crippen LogP contribution in [0, 0.1) is 0 Å². The standard InChI is InChI=1S/C18H18N2O2S.C15H16O5/c1-19-11-13-3-2-4-15(9-13)14-7-5-12(6-8-14)10-16-17(21)20-18(22)23-16;1-18-8-9-19-10-20-14-12-5-3-2-4-11(12)6-7-13(14)15(16)17/h2-9,16,19H,10-11H2,1H3,(H,20,21,22);2-7H,8-10H2,1H3,(H,16,17). The first-order valence-corrected chi connectivity index (χ1v) is 14.6. The van der Waals surface area contributed by atoms with Crippen molar-refractivity contribution in [3.05, 3.63) is 102 Å². The van der Waals surface area contributed by atoms with Crippen LogP contribution in [0.15, 0.2) is 84.9 Å². The van der Waals surface area contributed by atoms with Crippen LogP contribution in [0.3, 0.4) is 0 Å². The van der Waals surface area contributed by atoms with Gasteiger partial charge in [-0.05, 0) is 53.2 Å². The molecule has 1 unspecified atom stereocenters. The average Bonchev–Trinajstić information content (AvgIpc) is 3.33. The van der Waals surface area contributed by atoms with Crippen LogP contribution in [-0.4, -0.2) is 61.6 Å². The summed E-state index contributed by atoms with van der Waals surface area (Å²) in [5, 5.41) is 15.8. The minimum Gasteiger partial charge on any atom is -0.478 e. The summed E-state index contributed by atoms with van der Waals surface area (Å²) in [6.07, 6.45) is 0.572. The average molecular weight is 603 g/mol. The molecular formula is C33H34N2O7S. The van der Waals surface area contributed by atoms with Gasteiger partial charge in [0.1, 0.15) is 11.3 Å². The first-order chi connectivity index (χ1) is 20.9. The fourth-order valence-electron chi connectivity index (χ4n) is 4.51. The molecule has 4 aromatic rings. The fourth-order valence-corrected chi connectivity index (χ4v) is 5.37. The van der Waals surface area contributed by atoms with Gasteiger partial charge in [0.2, 0.25) is 5.91 Å². The molecule has 3 N–H and O–H groups in total. The Bertz CT molecular complexity index is 1560. The van der Waals surface area contributed by atoms with Crippen LogP contribution in [-0.2, 0) is 27.2 Å². The first-order valence-electron chi connectivity index (χ1n) is 13.7. The van der Waals surface area contributed by atoms with Crippen molar-refractivity contribution in [3.8, 4) is 16.9 Å². The number of thioether (sulfide) groups is 1. The zero-order valence-electron chi connectivity index (χ0n) is 24.0. The lowest BCUT2D eigenvalue weighted by molar-refractivity contribution is -0.118. The van der Waals surface area contributed by atoms with Crippen molar-refractivity contribution < 1.29 is 33.7 Å². The maximum Gasteiger partial charge on any atom is 0.339 e. The summed E-state index contributed by atoms with van der Waals surface area (Å²) in [5.41, 5.74) is 4.74. The van der Waals surface area contributed by atoms with Crippen molar-refractivity contribution in [1.82, 2.24) is 10.6 Å². The summed E-state index contributed by atoms with van der Waals surface area (Å²) >= 11 is 1.07. The number of aromatic carboxylic acids is 1. The van der Waals surface area contributed by atoms with Gasteiger partial charge in [0.05, 0.1) is 18.5 Å². The second-order valence-corrected chi connectivity index (χ2v) is 10.8. The summed E-state index contributed by atoms with van der Waals surface area (Å²) in [5.74, 6) is -0.889. The van der Waals surface area contributed by atoms with E-state index in [1.165, 1.54) is 17.2 Å². The van der Waals surface area contributed by atoms with Gasteiger partial charge < -0.3 is 24.6 Å². The number of rotatable bonds is 12. The van der Waals surface area contributed by atoms with E-state index in [1.54, 1.807) is 13.2 Å². The molecular weight excluding hydrogens is 568 g/mol. The minimum atomic E-state index is -1.03. The van der Waals surface area contributed by atoms with E-state index in [4.69, 9.17) is 14.2 Å². The Morgan fingerprint density at radius 3 is 2.42 bits per heavy atom. The van der Waals surface area contributed by atoms with E-state index in [0.717, 1.165) is 40.2 Å². The second kappa shape index (κ2) is 15.9. The monoisotopic (exact) mass is 602 g/mol. The number of nitrogens with one attached hydrogen (secondary N) is 2. The number of fused-ring (bicyclic) bond motifs is 1. The zero-order valence-corrected chi connectivity index (χ0v) is 24.8. The topological polar surface area (TPSA) is 123 Å². The van der Waals surface area contributed by atoms with E-state index in [2.05, 4.69) is 47.0 Å². The third-order valence-corrected chi connectivity index (χ3v) is 7.59. The number of imide groups is 1. The summed E-state index contributed by atoms with van der Waals surface area (Å²) in [6.45, 7) is 1.68. The number of amides is 2. The molecule has 0 saturated carbocycles. The van der Waals surface area contributed by atoms with E-state index in [0.29, 0.717) is 25.4 Å². The lowest BCUT2D eigenvalue weighted by Crippen LogP contribution is -2.25. The fraction of sp³-hybridized carbons (Fsp3) is 0.242. The van der Waals surface area contributed by atoms with Crippen LogP contribution in [0.2, 0.25) is 0 Å². The van der Waals surface area contributed by atoms with E-state index in [9.17, 15) is 19.5 Å². The van der Waals surface area contributed by atoms with Crippen molar-refractivity contribution in [2.75, 3.05) is 34.2 Å². The van der Waals surface area contributed by atoms with Gasteiger partial charge in [-0.1, -0.05) is 84.6 Å². The third kappa shape index (κ3) is 8.89. The molecule has 0 aliphatic carbocycles. The SMILES string of the molecule is CNCc1cccc(-c2ccc(CC3SC(=O)NC3=O)cc2)c1.COCCOCOc1c(C(=O)O)ccc2ccccc12. The molecule has 224 valence electrons. The molecule has 1 aliphatic heterocycles. The number of ether oxygens (including phenoxy) is 3. The van der Waals surface area contributed by atoms with Gasteiger partial charge in [-0.15, -0.1) is 0 Å². The highest BCUT2D eigenvalue weighted by atomic mass is 32.2. The quantitative estimate of drug-likeness (QED) is 0.142. The number of hydrogen-bond acceptors (Lipinski definition) is 8. The number of benzene rings is 4. The molecule has 0 radical (unpaired) electrons. The Balaban J connectivity index is 0.000000199. The normalized spacial score (nSPS) is 14.2. The molecule has 1 saturated heterocycles. The van der Waals surface area contributed by atoms with Gasteiger partial charge in [-0.25, -0.2) is 4.79 Å². The second-order valence-electron chi connectivity index (χ2n) is 9.65. The van der Waals surface area contributed by atoms with Crippen LogP contribution >= 0.6 is 11.8 Å². The highest BCUT2D eigenvalue weighted by molar-refractivity contribution is 8.15.